The third-order valence-electron chi connectivity index (χ3n) is 2.61. The molecule has 1 aromatic rings. The summed E-state index contributed by atoms with van der Waals surface area (Å²) in [4.78, 5) is 20.0. The second-order valence-corrected chi connectivity index (χ2v) is 6.97. The van der Waals surface area contributed by atoms with Gasteiger partial charge >= 0.3 is 0 Å². The van der Waals surface area contributed by atoms with Crippen molar-refractivity contribution in [3.63, 3.8) is 0 Å². The highest BCUT2D eigenvalue weighted by Crippen LogP contribution is 2.17. The Hall–Kier alpha value is -1.53. The van der Waals surface area contributed by atoms with Crippen LogP contribution in [0.5, 0.6) is 0 Å². The summed E-state index contributed by atoms with van der Waals surface area (Å²) >= 11 is 0. The molecule has 1 unspecified atom stereocenters. The predicted molar refractivity (Wildman–Crippen MR) is 80.8 cm³/mol. The van der Waals surface area contributed by atoms with Crippen molar-refractivity contribution in [3.05, 3.63) is 18.1 Å². The molecule has 1 amide bonds. The maximum atomic E-state index is 11.8. The molecule has 0 aliphatic heterocycles. The molecule has 0 saturated carbocycles. The van der Waals surface area contributed by atoms with Crippen LogP contribution >= 0.6 is 0 Å². The summed E-state index contributed by atoms with van der Waals surface area (Å²) < 4.78 is 5.50. The maximum absolute atomic E-state index is 11.8. The summed E-state index contributed by atoms with van der Waals surface area (Å²) in [6.45, 7) is 11.3. The topological polar surface area (TPSA) is 84.3 Å². The third kappa shape index (κ3) is 6.18. The van der Waals surface area contributed by atoms with Crippen molar-refractivity contribution in [2.45, 2.75) is 53.2 Å². The van der Waals surface area contributed by atoms with Crippen molar-refractivity contribution in [2.24, 2.45) is 5.41 Å². The summed E-state index contributed by atoms with van der Waals surface area (Å²) in [5.41, 5.74) is -0.414. The van der Waals surface area contributed by atoms with Crippen LogP contribution in [0.15, 0.2) is 12.4 Å². The van der Waals surface area contributed by atoms with Gasteiger partial charge in [-0.1, -0.05) is 20.8 Å². The number of amides is 1. The van der Waals surface area contributed by atoms with Gasteiger partial charge in [0.05, 0.1) is 30.3 Å². The Bertz CT molecular complexity index is 472. The molecule has 0 spiro atoms. The summed E-state index contributed by atoms with van der Waals surface area (Å²) in [5.74, 6) is 0.226. The molecular formula is C15H25N3O3. The van der Waals surface area contributed by atoms with Crippen LogP contribution in [0.3, 0.4) is 0 Å². The Labute approximate surface area is 126 Å². The minimum Gasteiger partial charge on any atom is -0.384 e. The number of ether oxygens (including phenoxy) is 1. The zero-order valence-corrected chi connectivity index (χ0v) is 13.6. The molecule has 0 aliphatic rings. The van der Waals surface area contributed by atoms with E-state index < -0.39 is 11.5 Å². The van der Waals surface area contributed by atoms with Gasteiger partial charge in [-0.2, -0.15) is 0 Å². The molecule has 0 fully saturated rings. The SMILES string of the molecule is CC(C)(C)OCC(O)c1cnc(NC(=O)C(C)(C)C)cn1. The molecule has 2 N–H and O–H groups in total. The molecule has 0 bridgehead atoms. The van der Waals surface area contributed by atoms with Crippen LogP contribution < -0.4 is 5.32 Å². The zero-order valence-electron chi connectivity index (χ0n) is 13.6. The number of nitrogens with zero attached hydrogens (tertiary/aromatic N) is 2. The standard InChI is InChI=1S/C15H25N3O3/c1-14(2,3)13(20)18-12-8-16-10(7-17-12)11(19)9-21-15(4,5)6/h7-8,11,19H,9H2,1-6H3,(H,17,18,20). The summed E-state index contributed by atoms with van der Waals surface area (Å²) in [6, 6.07) is 0. The number of hydrogen-bond donors (Lipinski definition) is 2. The van der Waals surface area contributed by atoms with E-state index in [2.05, 4.69) is 15.3 Å². The van der Waals surface area contributed by atoms with Gasteiger partial charge in [-0.25, -0.2) is 4.98 Å². The van der Waals surface area contributed by atoms with E-state index in [4.69, 9.17) is 4.74 Å². The molecule has 0 saturated heterocycles. The quantitative estimate of drug-likeness (QED) is 0.890. The maximum Gasteiger partial charge on any atom is 0.230 e. The zero-order chi connectivity index (χ0) is 16.3. The van der Waals surface area contributed by atoms with Gasteiger partial charge in [0.25, 0.3) is 0 Å². The normalized spacial score (nSPS) is 13.9. The molecule has 6 heteroatoms. The minimum absolute atomic E-state index is 0.138. The molecule has 118 valence electrons. The highest BCUT2D eigenvalue weighted by atomic mass is 16.5. The fourth-order valence-corrected chi connectivity index (χ4v) is 1.29. The van der Waals surface area contributed by atoms with Crippen molar-refractivity contribution >= 4 is 11.7 Å². The molecule has 0 aliphatic carbocycles. The first-order valence-electron chi connectivity index (χ1n) is 6.94. The van der Waals surface area contributed by atoms with Crippen LogP contribution in [0.25, 0.3) is 0 Å². The first kappa shape index (κ1) is 17.5. The molecule has 21 heavy (non-hydrogen) atoms. The van der Waals surface area contributed by atoms with Crippen molar-refractivity contribution in [3.8, 4) is 0 Å². The smallest absolute Gasteiger partial charge is 0.230 e. The van der Waals surface area contributed by atoms with E-state index in [0.29, 0.717) is 11.5 Å². The van der Waals surface area contributed by atoms with Crippen LogP contribution in [0, 0.1) is 5.41 Å². The third-order valence-corrected chi connectivity index (χ3v) is 2.61. The number of carbonyl (C=O) groups excluding carboxylic acids is 1. The average molecular weight is 295 g/mol. The lowest BCUT2D eigenvalue weighted by Crippen LogP contribution is -2.28. The van der Waals surface area contributed by atoms with Gasteiger partial charge in [0, 0.05) is 5.41 Å². The fraction of sp³-hybridized carbons (Fsp3) is 0.667. The van der Waals surface area contributed by atoms with Gasteiger partial charge in [-0.3, -0.25) is 9.78 Å². The van der Waals surface area contributed by atoms with E-state index in [9.17, 15) is 9.90 Å². The number of aliphatic hydroxyl groups is 1. The number of aliphatic hydroxyl groups excluding tert-OH is 1. The second kappa shape index (κ2) is 6.49. The number of rotatable bonds is 4. The molecule has 1 aromatic heterocycles. The van der Waals surface area contributed by atoms with Gasteiger partial charge < -0.3 is 15.2 Å². The van der Waals surface area contributed by atoms with Gasteiger partial charge in [-0.05, 0) is 20.8 Å². The molecule has 1 rings (SSSR count). The molecule has 0 radical (unpaired) electrons. The molecule has 1 heterocycles. The highest BCUT2D eigenvalue weighted by Gasteiger charge is 2.22. The number of carbonyl (C=O) groups is 1. The lowest BCUT2D eigenvalue weighted by Gasteiger charge is -2.21. The number of aromatic nitrogens is 2. The molecular weight excluding hydrogens is 270 g/mol. The van der Waals surface area contributed by atoms with E-state index in [1.54, 1.807) is 0 Å². The van der Waals surface area contributed by atoms with E-state index in [1.165, 1.54) is 12.4 Å². The van der Waals surface area contributed by atoms with Crippen molar-refractivity contribution in [2.75, 3.05) is 11.9 Å². The number of anilines is 1. The highest BCUT2D eigenvalue weighted by molar-refractivity contribution is 5.93. The molecule has 6 nitrogen and oxygen atoms in total. The minimum atomic E-state index is -0.843. The van der Waals surface area contributed by atoms with Gasteiger partial charge in [0.1, 0.15) is 6.10 Å². The van der Waals surface area contributed by atoms with Crippen LogP contribution in [-0.2, 0) is 9.53 Å². The van der Waals surface area contributed by atoms with E-state index >= 15 is 0 Å². The second-order valence-electron chi connectivity index (χ2n) is 6.97. The Kier molecular flexibility index (Phi) is 5.42. The molecule has 0 aromatic carbocycles. The Morgan fingerprint density at radius 3 is 2.29 bits per heavy atom. The van der Waals surface area contributed by atoms with Crippen LogP contribution in [-0.4, -0.2) is 33.2 Å². The van der Waals surface area contributed by atoms with Crippen molar-refractivity contribution in [1.29, 1.82) is 0 Å². The Morgan fingerprint density at radius 2 is 1.86 bits per heavy atom. The lowest BCUT2D eigenvalue weighted by atomic mass is 9.96. The predicted octanol–water partition coefficient (Wildman–Crippen LogP) is 2.31. The van der Waals surface area contributed by atoms with Crippen molar-refractivity contribution < 1.29 is 14.6 Å². The average Bonchev–Trinajstić information content (AvgIpc) is 2.35. The Balaban J connectivity index is 2.64. The van der Waals surface area contributed by atoms with Gasteiger partial charge in [0.2, 0.25) is 5.91 Å². The van der Waals surface area contributed by atoms with Crippen LogP contribution in [0.4, 0.5) is 5.82 Å². The largest absolute Gasteiger partial charge is 0.384 e. The van der Waals surface area contributed by atoms with Crippen molar-refractivity contribution in [1.82, 2.24) is 9.97 Å². The van der Waals surface area contributed by atoms with Gasteiger partial charge in [0.15, 0.2) is 5.82 Å². The first-order chi connectivity index (χ1) is 9.49. The monoisotopic (exact) mass is 295 g/mol. The first-order valence-corrected chi connectivity index (χ1v) is 6.94. The van der Waals surface area contributed by atoms with Gasteiger partial charge in [-0.15, -0.1) is 0 Å². The number of nitrogens with one attached hydrogen (secondary N) is 1. The number of hydrogen-bond acceptors (Lipinski definition) is 5. The lowest BCUT2D eigenvalue weighted by molar-refractivity contribution is -0.123. The van der Waals surface area contributed by atoms with E-state index in [1.807, 2.05) is 41.5 Å². The fourth-order valence-electron chi connectivity index (χ4n) is 1.29. The van der Waals surface area contributed by atoms with E-state index in [-0.39, 0.29) is 18.1 Å². The van der Waals surface area contributed by atoms with Crippen LogP contribution in [0.1, 0.15) is 53.3 Å². The summed E-state index contributed by atoms with van der Waals surface area (Å²) in [7, 11) is 0. The summed E-state index contributed by atoms with van der Waals surface area (Å²) in [6.07, 6.45) is 2.03. The van der Waals surface area contributed by atoms with Crippen LogP contribution in [0.2, 0.25) is 0 Å². The summed E-state index contributed by atoms with van der Waals surface area (Å²) in [5, 5.41) is 12.6. The Morgan fingerprint density at radius 1 is 1.24 bits per heavy atom. The van der Waals surface area contributed by atoms with E-state index in [0.717, 1.165) is 0 Å². The molecule has 1 atom stereocenters.